The van der Waals surface area contributed by atoms with Gasteiger partial charge in [-0.25, -0.2) is 9.82 Å². The van der Waals surface area contributed by atoms with Crippen LogP contribution in [-0.4, -0.2) is 32.2 Å². The molecule has 8 nitrogen and oxygen atoms in total. The number of carbonyl (C=O) groups is 2. The average molecular weight is 530 g/mol. The van der Waals surface area contributed by atoms with Gasteiger partial charge in [-0.15, -0.1) is 0 Å². The number of hydrazone groups is 1. The smallest absolute Gasteiger partial charge is 0.329 e. The van der Waals surface area contributed by atoms with Crippen molar-refractivity contribution in [3.8, 4) is 17.2 Å². The van der Waals surface area contributed by atoms with Crippen LogP contribution in [0.25, 0.3) is 0 Å². The van der Waals surface area contributed by atoms with E-state index in [-0.39, 0.29) is 12.4 Å². The van der Waals surface area contributed by atoms with Crippen molar-refractivity contribution in [3.05, 3.63) is 82.1 Å². The summed E-state index contributed by atoms with van der Waals surface area (Å²) in [6.45, 7) is 0.00837. The van der Waals surface area contributed by atoms with Crippen molar-refractivity contribution in [2.24, 2.45) is 5.10 Å². The normalized spacial score (nSPS) is 10.6. The summed E-state index contributed by atoms with van der Waals surface area (Å²) in [5.74, 6) is -0.812. The van der Waals surface area contributed by atoms with Gasteiger partial charge >= 0.3 is 11.8 Å². The molecule has 0 aliphatic carbocycles. The molecule has 0 radical (unpaired) electrons. The fourth-order valence-electron chi connectivity index (χ4n) is 2.80. The van der Waals surface area contributed by atoms with Crippen LogP contribution >= 0.6 is 15.9 Å². The molecule has 0 aromatic heterocycles. The van der Waals surface area contributed by atoms with E-state index in [2.05, 4.69) is 31.8 Å². The van der Waals surface area contributed by atoms with E-state index in [4.69, 9.17) is 14.2 Å². The molecule has 0 saturated heterocycles. The first-order chi connectivity index (χ1) is 16.4. The lowest BCUT2D eigenvalue weighted by Gasteiger charge is -2.14. The summed E-state index contributed by atoms with van der Waals surface area (Å²) in [7, 11) is 2.99. The molecule has 10 heteroatoms. The van der Waals surface area contributed by atoms with Crippen LogP contribution < -0.4 is 25.0 Å². The van der Waals surface area contributed by atoms with Crippen molar-refractivity contribution in [1.82, 2.24) is 5.43 Å². The minimum absolute atomic E-state index is 0.00837. The first-order valence-corrected chi connectivity index (χ1v) is 10.7. The zero-order chi connectivity index (χ0) is 24.5. The Kier molecular flexibility index (Phi) is 8.58. The van der Waals surface area contributed by atoms with E-state index in [1.165, 1.54) is 26.5 Å². The highest BCUT2D eigenvalue weighted by atomic mass is 79.9. The monoisotopic (exact) mass is 529 g/mol. The van der Waals surface area contributed by atoms with Crippen LogP contribution in [0.1, 0.15) is 11.1 Å². The van der Waals surface area contributed by atoms with Crippen LogP contribution in [0, 0.1) is 5.82 Å². The maximum absolute atomic E-state index is 13.8. The molecule has 0 heterocycles. The Bertz CT molecular complexity index is 1200. The Hall–Kier alpha value is -3.92. The number of rotatable bonds is 8. The number of nitrogens with one attached hydrogen (secondary N) is 2. The maximum atomic E-state index is 13.8. The van der Waals surface area contributed by atoms with Crippen LogP contribution in [-0.2, 0) is 16.2 Å². The molecule has 3 aromatic carbocycles. The number of carbonyl (C=O) groups excluding carboxylic acids is 2. The Morgan fingerprint density at radius 3 is 2.44 bits per heavy atom. The van der Waals surface area contributed by atoms with Gasteiger partial charge in [0.1, 0.15) is 18.2 Å². The van der Waals surface area contributed by atoms with Crippen molar-refractivity contribution < 1.29 is 28.2 Å². The highest BCUT2D eigenvalue weighted by Crippen LogP contribution is 2.37. The molecule has 176 valence electrons. The second-order valence-corrected chi connectivity index (χ2v) is 7.65. The van der Waals surface area contributed by atoms with Crippen molar-refractivity contribution in [3.63, 3.8) is 0 Å². The van der Waals surface area contributed by atoms with E-state index in [0.717, 1.165) is 0 Å². The number of ether oxygens (including phenoxy) is 3. The van der Waals surface area contributed by atoms with Crippen LogP contribution in [0.3, 0.4) is 0 Å². The number of anilines is 1. The second-order valence-electron chi connectivity index (χ2n) is 6.80. The highest BCUT2D eigenvalue weighted by molar-refractivity contribution is 9.10. The number of amides is 2. The van der Waals surface area contributed by atoms with Crippen LogP contribution in [0.2, 0.25) is 0 Å². The Morgan fingerprint density at radius 2 is 1.76 bits per heavy atom. The number of nitrogens with zero attached hydrogens (tertiary/aromatic N) is 1. The van der Waals surface area contributed by atoms with Crippen LogP contribution in [0.5, 0.6) is 17.2 Å². The SMILES string of the molecule is COc1ccc(NC(=O)C(=O)N/N=C/c2cc(Br)c(OCc3ccccc3F)c(OC)c2)cc1. The molecule has 0 aliphatic rings. The van der Waals surface area contributed by atoms with E-state index < -0.39 is 11.8 Å². The summed E-state index contributed by atoms with van der Waals surface area (Å²) in [6.07, 6.45) is 1.34. The minimum Gasteiger partial charge on any atom is -0.497 e. The van der Waals surface area contributed by atoms with Crippen molar-refractivity contribution in [2.45, 2.75) is 6.61 Å². The lowest BCUT2D eigenvalue weighted by molar-refractivity contribution is -0.136. The van der Waals surface area contributed by atoms with Gasteiger partial charge < -0.3 is 19.5 Å². The number of methoxy groups -OCH3 is 2. The van der Waals surface area contributed by atoms with E-state index >= 15 is 0 Å². The quantitative estimate of drug-likeness (QED) is 0.258. The van der Waals surface area contributed by atoms with Gasteiger partial charge in [0.2, 0.25) is 0 Å². The summed E-state index contributed by atoms with van der Waals surface area (Å²) in [6, 6.07) is 16.1. The van der Waals surface area contributed by atoms with E-state index in [1.807, 2.05) is 0 Å². The molecule has 0 bridgehead atoms. The molecule has 3 rings (SSSR count). The molecular formula is C24H21BrFN3O5. The predicted octanol–water partition coefficient (Wildman–Crippen LogP) is 4.27. The van der Waals surface area contributed by atoms with Gasteiger partial charge in [-0.2, -0.15) is 5.10 Å². The standard InChI is InChI=1S/C24H21BrFN3O5/c1-32-18-9-7-17(8-10-18)28-23(30)24(31)29-27-13-15-11-19(25)22(21(12-15)33-2)34-14-16-5-3-4-6-20(16)26/h3-13H,14H2,1-2H3,(H,28,30)(H,29,31)/b27-13+. The Balaban J connectivity index is 1.61. The summed E-state index contributed by atoms with van der Waals surface area (Å²) in [5.41, 5.74) is 3.55. The molecule has 0 fully saturated rings. The fraction of sp³-hybridized carbons (Fsp3) is 0.125. The zero-order valence-corrected chi connectivity index (χ0v) is 19.9. The van der Waals surface area contributed by atoms with Crippen LogP contribution in [0.15, 0.2) is 70.2 Å². The van der Waals surface area contributed by atoms with Gasteiger partial charge in [-0.05, 0) is 64.0 Å². The van der Waals surface area contributed by atoms with Crippen molar-refractivity contribution >= 4 is 39.6 Å². The fourth-order valence-corrected chi connectivity index (χ4v) is 3.37. The molecule has 34 heavy (non-hydrogen) atoms. The third-order valence-corrected chi connectivity index (χ3v) is 5.10. The molecule has 0 unspecified atom stereocenters. The first kappa shape index (κ1) is 24.7. The summed E-state index contributed by atoms with van der Waals surface area (Å²) < 4.78 is 30.5. The van der Waals surface area contributed by atoms with Gasteiger partial charge in [-0.1, -0.05) is 18.2 Å². The molecular weight excluding hydrogens is 509 g/mol. The van der Waals surface area contributed by atoms with Gasteiger partial charge in [-0.3, -0.25) is 9.59 Å². The van der Waals surface area contributed by atoms with Gasteiger partial charge in [0.05, 0.1) is 24.9 Å². The molecule has 3 aromatic rings. The summed E-state index contributed by atoms with van der Waals surface area (Å²) in [4.78, 5) is 24.0. The topological polar surface area (TPSA) is 98.2 Å². The molecule has 2 N–H and O–H groups in total. The lowest BCUT2D eigenvalue weighted by Crippen LogP contribution is -2.32. The Labute approximate surface area is 203 Å². The second kappa shape index (κ2) is 11.8. The number of hydrogen-bond donors (Lipinski definition) is 2. The predicted molar refractivity (Wildman–Crippen MR) is 129 cm³/mol. The van der Waals surface area contributed by atoms with Gasteiger partial charge in [0.15, 0.2) is 11.5 Å². The number of benzene rings is 3. The molecule has 0 aliphatic heterocycles. The number of halogens is 2. The van der Waals surface area contributed by atoms with E-state index in [1.54, 1.807) is 54.6 Å². The van der Waals surface area contributed by atoms with E-state index in [9.17, 15) is 14.0 Å². The van der Waals surface area contributed by atoms with Gasteiger partial charge in [0, 0.05) is 11.3 Å². The van der Waals surface area contributed by atoms with Crippen LogP contribution in [0.4, 0.5) is 10.1 Å². The zero-order valence-electron chi connectivity index (χ0n) is 18.3. The highest BCUT2D eigenvalue weighted by Gasteiger charge is 2.14. The minimum atomic E-state index is -0.942. The third kappa shape index (κ3) is 6.55. The first-order valence-electron chi connectivity index (χ1n) is 9.93. The largest absolute Gasteiger partial charge is 0.497 e. The summed E-state index contributed by atoms with van der Waals surface area (Å²) >= 11 is 3.40. The molecule has 0 saturated carbocycles. The van der Waals surface area contributed by atoms with Gasteiger partial charge in [0.25, 0.3) is 0 Å². The summed E-state index contributed by atoms with van der Waals surface area (Å²) in [5, 5.41) is 6.27. The molecule has 0 atom stereocenters. The molecule has 2 amide bonds. The average Bonchev–Trinajstić information content (AvgIpc) is 2.84. The molecule has 0 spiro atoms. The van der Waals surface area contributed by atoms with Crippen molar-refractivity contribution in [1.29, 1.82) is 0 Å². The number of hydrogen-bond acceptors (Lipinski definition) is 6. The third-order valence-electron chi connectivity index (χ3n) is 4.52. The van der Waals surface area contributed by atoms with E-state index in [0.29, 0.717) is 38.5 Å². The maximum Gasteiger partial charge on any atom is 0.329 e. The Morgan fingerprint density at radius 1 is 1.03 bits per heavy atom. The lowest BCUT2D eigenvalue weighted by atomic mass is 10.2. The van der Waals surface area contributed by atoms with Crippen molar-refractivity contribution in [2.75, 3.05) is 19.5 Å².